The predicted octanol–water partition coefficient (Wildman–Crippen LogP) is -0.599. The SMILES string of the molecule is NC(=[NH2+])O[N+]1(O)N=Nc2ccccc21. The molecule has 1 atom stereocenters. The highest BCUT2D eigenvalue weighted by atomic mass is 17.0. The zero-order valence-electron chi connectivity index (χ0n) is 7.16. The highest BCUT2D eigenvalue weighted by Crippen LogP contribution is 2.38. The fourth-order valence-corrected chi connectivity index (χ4v) is 1.17. The second-order valence-electron chi connectivity index (χ2n) is 2.72. The fourth-order valence-electron chi connectivity index (χ4n) is 1.17. The average Bonchev–Trinajstić information content (AvgIpc) is 2.44. The summed E-state index contributed by atoms with van der Waals surface area (Å²) in [6.45, 7) is 0. The smallest absolute Gasteiger partial charge is 0.250 e. The monoisotopic (exact) mass is 195 g/mol. The van der Waals surface area contributed by atoms with Gasteiger partial charge >= 0.3 is 6.02 Å². The number of quaternary nitrogens is 1. The molecule has 0 bridgehead atoms. The summed E-state index contributed by atoms with van der Waals surface area (Å²) in [6.07, 6.45) is 0. The second kappa shape index (κ2) is 2.76. The van der Waals surface area contributed by atoms with Crippen LogP contribution in [-0.4, -0.2) is 11.2 Å². The Morgan fingerprint density at radius 1 is 1.50 bits per heavy atom. The Kier molecular flexibility index (Phi) is 1.69. The fraction of sp³-hybridized carbons (Fsp3) is 0. The van der Waals surface area contributed by atoms with Crippen molar-refractivity contribution in [2.75, 3.05) is 0 Å². The van der Waals surface area contributed by atoms with E-state index in [1.54, 1.807) is 24.3 Å². The minimum Gasteiger partial charge on any atom is -0.250 e. The van der Waals surface area contributed by atoms with Crippen molar-refractivity contribution < 1.29 is 15.5 Å². The Labute approximate surface area is 79.0 Å². The van der Waals surface area contributed by atoms with Gasteiger partial charge in [-0.25, -0.2) is 11.1 Å². The van der Waals surface area contributed by atoms with Gasteiger partial charge in [0.15, 0.2) is 10.6 Å². The third-order valence-corrected chi connectivity index (χ3v) is 1.70. The van der Waals surface area contributed by atoms with E-state index < -0.39 is 4.92 Å². The molecule has 1 aliphatic rings. The summed E-state index contributed by atoms with van der Waals surface area (Å²) in [5.41, 5.74) is 5.98. The molecule has 0 radical (unpaired) electrons. The van der Waals surface area contributed by atoms with E-state index in [0.717, 1.165) is 0 Å². The number of para-hydroxylation sites is 1. The van der Waals surface area contributed by atoms with Crippen LogP contribution in [0.3, 0.4) is 0 Å². The predicted molar refractivity (Wildman–Crippen MR) is 46.7 cm³/mol. The topological polar surface area (TPSA) is 106 Å². The Morgan fingerprint density at radius 2 is 2.21 bits per heavy atom. The van der Waals surface area contributed by atoms with Gasteiger partial charge in [0, 0.05) is 6.07 Å². The molecule has 0 saturated carbocycles. The molecule has 1 aromatic carbocycles. The number of rotatable bonds is 1. The van der Waals surface area contributed by atoms with Crippen molar-refractivity contribution in [3.8, 4) is 0 Å². The maximum absolute atomic E-state index is 9.79. The van der Waals surface area contributed by atoms with Gasteiger partial charge in [-0.15, -0.1) is 5.21 Å². The first kappa shape index (κ1) is 8.60. The van der Waals surface area contributed by atoms with E-state index in [1.807, 2.05) is 0 Å². The third-order valence-electron chi connectivity index (χ3n) is 1.70. The molecule has 0 amide bonds. The number of nitrogens with zero attached hydrogens (tertiary/aromatic N) is 3. The third kappa shape index (κ3) is 1.20. The van der Waals surface area contributed by atoms with Gasteiger partial charge in [-0.2, -0.15) is 4.84 Å². The summed E-state index contributed by atoms with van der Waals surface area (Å²) in [6, 6.07) is 6.39. The van der Waals surface area contributed by atoms with Crippen LogP contribution in [0.5, 0.6) is 0 Å². The Bertz CT molecular complexity index is 418. The summed E-state index contributed by atoms with van der Waals surface area (Å²) in [5, 5.41) is 22.1. The molecule has 0 aliphatic carbocycles. The van der Waals surface area contributed by atoms with E-state index in [4.69, 9.17) is 16.0 Å². The summed E-state index contributed by atoms with van der Waals surface area (Å²) >= 11 is 0. The standard InChI is InChI=1S/C7H8N5O2/c8-7(9)14-12(13)6-4-2-1-3-5(6)10-11-12/h1-4,13H,(H3,8,9)/q+1/p+1. The van der Waals surface area contributed by atoms with Crippen LogP contribution in [0.4, 0.5) is 11.4 Å². The molecule has 0 fully saturated rings. The molecule has 0 aromatic heterocycles. The number of fused-ring (bicyclic) bond motifs is 1. The molecule has 7 nitrogen and oxygen atoms in total. The van der Waals surface area contributed by atoms with Crippen LogP contribution in [0.25, 0.3) is 0 Å². The summed E-state index contributed by atoms with van der Waals surface area (Å²) in [4.78, 5) is 3.53. The molecule has 1 heterocycles. The van der Waals surface area contributed by atoms with Gasteiger partial charge in [-0.1, -0.05) is 17.2 Å². The van der Waals surface area contributed by atoms with E-state index in [2.05, 4.69) is 10.3 Å². The molecule has 1 aliphatic heterocycles. The largest absolute Gasteiger partial charge is 0.496 e. The number of hydrogen-bond acceptors (Lipinski definition) is 4. The first-order valence-corrected chi connectivity index (χ1v) is 3.84. The van der Waals surface area contributed by atoms with Gasteiger partial charge < -0.3 is 0 Å². The lowest BCUT2D eigenvalue weighted by atomic mass is 10.3. The second-order valence-corrected chi connectivity index (χ2v) is 2.72. The Hall–Kier alpha value is -1.99. The van der Waals surface area contributed by atoms with Gasteiger partial charge in [0.25, 0.3) is 5.69 Å². The lowest BCUT2D eigenvalue weighted by Gasteiger charge is -2.11. The maximum atomic E-state index is 9.79. The van der Waals surface area contributed by atoms with Gasteiger partial charge in [-0.3, -0.25) is 0 Å². The van der Waals surface area contributed by atoms with Gasteiger partial charge in [-0.05, 0) is 6.07 Å². The van der Waals surface area contributed by atoms with Crippen molar-refractivity contribution in [1.82, 2.24) is 4.92 Å². The quantitative estimate of drug-likeness (QED) is 0.316. The van der Waals surface area contributed by atoms with Crippen molar-refractivity contribution in [3.63, 3.8) is 0 Å². The molecule has 1 aromatic rings. The molecule has 14 heavy (non-hydrogen) atoms. The van der Waals surface area contributed by atoms with Gasteiger partial charge in [0.2, 0.25) is 0 Å². The van der Waals surface area contributed by atoms with E-state index in [-0.39, 0.29) is 6.02 Å². The van der Waals surface area contributed by atoms with Crippen LogP contribution in [0, 0.1) is 0 Å². The highest BCUT2D eigenvalue weighted by molar-refractivity contribution is 5.68. The minimum atomic E-state index is -1.20. The maximum Gasteiger partial charge on any atom is 0.496 e. The summed E-state index contributed by atoms with van der Waals surface area (Å²) in [5.74, 6) is 0. The van der Waals surface area contributed by atoms with Gasteiger partial charge in [0.05, 0.1) is 0 Å². The summed E-state index contributed by atoms with van der Waals surface area (Å²) in [7, 11) is 0. The zero-order chi connectivity index (χ0) is 10.2. The molecule has 0 spiro atoms. The van der Waals surface area contributed by atoms with Crippen molar-refractivity contribution in [2.45, 2.75) is 0 Å². The lowest BCUT2D eigenvalue weighted by Crippen LogP contribution is -2.54. The Morgan fingerprint density at radius 3 is 2.93 bits per heavy atom. The number of hydrogen-bond donors (Lipinski definition) is 3. The molecule has 72 valence electrons. The van der Waals surface area contributed by atoms with Crippen LogP contribution in [0.15, 0.2) is 34.6 Å². The molecule has 7 heteroatoms. The van der Waals surface area contributed by atoms with Gasteiger partial charge in [0.1, 0.15) is 5.22 Å². The first-order chi connectivity index (χ1) is 6.62. The molecule has 2 rings (SSSR count). The van der Waals surface area contributed by atoms with E-state index in [9.17, 15) is 5.21 Å². The highest BCUT2D eigenvalue weighted by Gasteiger charge is 2.43. The van der Waals surface area contributed by atoms with Crippen LogP contribution < -0.4 is 16.1 Å². The lowest BCUT2D eigenvalue weighted by molar-refractivity contribution is -0.304. The first-order valence-electron chi connectivity index (χ1n) is 3.84. The van der Waals surface area contributed by atoms with Crippen LogP contribution in [0.1, 0.15) is 0 Å². The molecule has 0 saturated heterocycles. The number of amidine groups is 1. The minimum absolute atomic E-state index is 0.362. The van der Waals surface area contributed by atoms with Crippen molar-refractivity contribution in [3.05, 3.63) is 24.3 Å². The summed E-state index contributed by atoms with van der Waals surface area (Å²) < 4.78 is 0. The molecule has 5 N–H and O–H groups in total. The van der Waals surface area contributed by atoms with Crippen molar-refractivity contribution in [1.29, 1.82) is 0 Å². The van der Waals surface area contributed by atoms with E-state index in [0.29, 0.717) is 11.4 Å². The van der Waals surface area contributed by atoms with E-state index in [1.165, 1.54) is 0 Å². The average molecular weight is 195 g/mol. The van der Waals surface area contributed by atoms with Crippen LogP contribution >= 0.6 is 0 Å². The van der Waals surface area contributed by atoms with Crippen LogP contribution in [0.2, 0.25) is 0 Å². The number of benzene rings is 1. The molecule has 1 unspecified atom stereocenters. The Balaban J connectivity index is 2.42. The normalized spacial score (nSPS) is 23.2. The van der Waals surface area contributed by atoms with E-state index >= 15 is 0 Å². The zero-order valence-corrected chi connectivity index (χ0v) is 7.16. The van der Waals surface area contributed by atoms with Crippen molar-refractivity contribution >= 4 is 17.4 Å². The van der Waals surface area contributed by atoms with Crippen LogP contribution in [-0.2, 0) is 4.84 Å². The molecular formula is C7H9N5O2+2. The van der Waals surface area contributed by atoms with Crippen molar-refractivity contribution in [2.24, 2.45) is 16.1 Å². The molecular weight excluding hydrogens is 186 g/mol. The number of nitrogens with two attached hydrogens (primary N) is 2.